The number of aromatic nitrogens is 4. The quantitative estimate of drug-likeness (QED) is 0.629. The molecule has 0 unspecified atom stereocenters. The van der Waals surface area contributed by atoms with E-state index in [1.54, 1.807) is 17.1 Å². The van der Waals surface area contributed by atoms with Gasteiger partial charge in [0, 0.05) is 19.4 Å². The normalized spacial score (nSPS) is 10.6. The van der Waals surface area contributed by atoms with Crippen LogP contribution in [-0.4, -0.2) is 26.5 Å². The predicted molar refractivity (Wildman–Crippen MR) is 64.9 cm³/mol. The summed E-state index contributed by atoms with van der Waals surface area (Å²) in [6, 6.07) is 0. The minimum atomic E-state index is -0.151. The van der Waals surface area contributed by atoms with Crippen molar-refractivity contribution >= 4 is 23.6 Å². The fourth-order valence-electron chi connectivity index (χ4n) is 1.28. The summed E-state index contributed by atoms with van der Waals surface area (Å²) in [6.45, 7) is 2.63. The molecule has 1 N–H and O–H groups in total. The Morgan fingerprint density at radius 1 is 1.67 bits per heavy atom. The summed E-state index contributed by atoms with van der Waals surface area (Å²) in [5.74, 6) is 0.474. The highest BCUT2D eigenvalue weighted by Gasteiger charge is 2.13. The number of hydrogen-bond donors (Lipinski definition) is 1. The summed E-state index contributed by atoms with van der Waals surface area (Å²) in [4.78, 5) is 15.8. The van der Waals surface area contributed by atoms with Crippen molar-refractivity contribution in [3.63, 3.8) is 0 Å². The van der Waals surface area contributed by atoms with Crippen molar-refractivity contribution in [3.05, 3.63) is 18.6 Å². The third-order valence-electron chi connectivity index (χ3n) is 2.21. The zero-order valence-electron chi connectivity index (χ0n) is 10.2. The Bertz CT molecular complexity index is 536. The first-order valence-corrected chi connectivity index (χ1v) is 6.44. The zero-order chi connectivity index (χ0) is 13.0. The predicted octanol–water partition coefficient (Wildman–Crippen LogP) is 0.446. The molecule has 0 radical (unpaired) electrons. The number of aryl methyl sites for hydroxylation is 2. The van der Waals surface area contributed by atoms with Crippen molar-refractivity contribution in [2.75, 3.05) is 11.1 Å². The third kappa shape index (κ3) is 3.10. The Hall–Kier alpha value is -1.83. The SMILES string of the molecule is CC[n+]1cc(NC(=O)CSc2nccn2C)on1. The molecule has 0 aliphatic rings. The van der Waals surface area contributed by atoms with Crippen molar-refractivity contribution in [3.8, 4) is 0 Å². The number of nitrogens with one attached hydrogen (secondary N) is 1. The monoisotopic (exact) mass is 268 g/mol. The van der Waals surface area contributed by atoms with Crippen LogP contribution in [0.4, 0.5) is 5.88 Å². The Kier molecular flexibility index (Phi) is 3.98. The van der Waals surface area contributed by atoms with Crippen LogP contribution in [0.15, 0.2) is 28.3 Å². The first-order chi connectivity index (χ1) is 8.69. The van der Waals surface area contributed by atoms with E-state index in [1.165, 1.54) is 11.8 Å². The Morgan fingerprint density at radius 3 is 3.11 bits per heavy atom. The second-order valence-electron chi connectivity index (χ2n) is 3.58. The first kappa shape index (κ1) is 12.6. The highest BCUT2D eigenvalue weighted by Crippen LogP contribution is 2.14. The van der Waals surface area contributed by atoms with Gasteiger partial charge in [0.1, 0.15) is 0 Å². The van der Waals surface area contributed by atoms with Crippen molar-refractivity contribution in [1.29, 1.82) is 0 Å². The highest BCUT2D eigenvalue weighted by atomic mass is 32.2. The van der Waals surface area contributed by atoms with E-state index in [2.05, 4.69) is 15.6 Å². The summed E-state index contributed by atoms with van der Waals surface area (Å²) < 4.78 is 8.40. The van der Waals surface area contributed by atoms with Gasteiger partial charge in [0.05, 0.1) is 5.75 Å². The molecule has 0 atom stereocenters. The van der Waals surface area contributed by atoms with E-state index in [1.807, 2.05) is 24.7 Å². The molecule has 96 valence electrons. The molecule has 18 heavy (non-hydrogen) atoms. The van der Waals surface area contributed by atoms with Crippen molar-refractivity contribution < 1.29 is 14.0 Å². The van der Waals surface area contributed by atoms with E-state index in [-0.39, 0.29) is 11.7 Å². The molecule has 1 amide bonds. The molecule has 0 spiro atoms. The fraction of sp³-hybridized carbons (Fsp3) is 0.400. The van der Waals surface area contributed by atoms with E-state index in [0.717, 1.165) is 5.16 Å². The number of hydrogen-bond acceptors (Lipinski definition) is 5. The van der Waals surface area contributed by atoms with Crippen LogP contribution in [-0.2, 0) is 18.4 Å². The van der Waals surface area contributed by atoms with E-state index in [0.29, 0.717) is 12.4 Å². The average Bonchev–Trinajstić information content (AvgIpc) is 2.96. The van der Waals surface area contributed by atoms with Crippen molar-refractivity contribution in [2.24, 2.45) is 7.05 Å². The Labute approximate surface area is 108 Å². The molecule has 8 heteroatoms. The van der Waals surface area contributed by atoms with Crippen LogP contribution in [0.2, 0.25) is 0 Å². The van der Waals surface area contributed by atoms with E-state index in [9.17, 15) is 4.79 Å². The average molecular weight is 268 g/mol. The largest absolute Gasteiger partial charge is 0.329 e. The summed E-state index contributed by atoms with van der Waals surface area (Å²) in [5, 5.41) is 7.14. The molecule has 0 bridgehead atoms. The summed E-state index contributed by atoms with van der Waals surface area (Å²) in [7, 11) is 1.88. The van der Waals surface area contributed by atoms with Crippen LogP contribution in [0.3, 0.4) is 0 Å². The van der Waals surface area contributed by atoms with E-state index >= 15 is 0 Å². The molecular formula is C10H14N5O2S+. The number of carbonyl (C=O) groups excluding carboxylic acids is 1. The Balaban J connectivity index is 1.84. The van der Waals surface area contributed by atoms with Crippen molar-refractivity contribution in [2.45, 2.75) is 18.6 Å². The molecule has 0 aromatic carbocycles. The third-order valence-corrected chi connectivity index (χ3v) is 3.26. The molecule has 0 aliphatic carbocycles. The number of nitrogens with zero attached hydrogens (tertiary/aromatic N) is 4. The van der Waals surface area contributed by atoms with Crippen LogP contribution < -0.4 is 10.00 Å². The molecule has 2 heterocycles. The highest BCUT2D eigenvalue weighted by molar-refractivity contribution is 7.99. The second-order valence-corrected chi connectivity index (χ2v) is 4.52. The molecule has 0 fully saturated rings. The van der Waals surface area contributed by atoms with Crippen LogP contribution in [0.5, 0.6) is 0 Å². The lowest BCUT2D eigenvalue weighted by molar-refractivity contribution is -0.759. The van der Waals surface area contributed by atoms with E-state index in [4.69, 9.17) is 4.52 Å². The zero-order valence-corrected chi connectivity index (χ0v) is 11.0. The molecule has 2 rings (SSSR count). The van der Waals surface area contributed by atoms with Gasteiger partial charge in [-0.05, 0) is 6.92 Å². The summed E-state index contributed by atoms with van der Waals surface area (Å²) >= 11 is 1.36. The lowest BCUT2D eigenvalue weighted by Crippen LogP contribution is -2.32. The van der Waals surface area contributed by atoms with Gasteiger partial charge in [-0.25, -0.2) is 4.98 Å². The molecule has 0 aliphatic heterocycles. The van der Waals surface area contributed by atoms with Crippen LogP contribution in [0, 0.1) is 0 Å². The molecule has 2 aromatic rings. The standard InChI is InChI=1S/C10H13N5O2S/c1-3-15-6-9(17-13-15)12-8(16)7-18-10-11-4-5-14(10)2/h4-6H,3,7H2,1-2H3/p+1. The molecule has 7 nitrogen and oxygen atoms in total. The molecule has 0 saturated heterocycles. The van der Waals surface area contributed by atoms with Crippen LogP contribution in [0.1, 0.15) is 6.92 Å². The van der Waals surface area contributed by atoms with Gasteiger partial charge in [-0.3, -0.25) is 14.6 Å². The summed E-state index contributed by atoms with van der Waals surface area (Å²) in [5.41, 5.74) is 0. The molecular weight excluding hydrogens is 254 g/mol. The van der Waals surface area contributed by atoms with Gasteiger partial charge in [0.15, 0.2) is 11.7 Å². The maximum absolute atomic E-state index is 11.7. The minimum absolute atomic E-state index is 0.151. The topological polar surface area (TPSA) is 76.8 Å². The van der Waals surface area contributed by atoms with Gasteiger partial charge < -0.3 is 4.57 Å². The van der Waals surface area contributed by atoms with Crippen LogP contribution >= 0.6 is 11.8 Å². The number of imidazole rings is 1. The maximum Gasteiger partial charge on any atom is 0.302 e. The lowest BCUT2D eigenvalue weighted by atomic mass is 10.6. The van der Waals surface area contributed by atoms with Gasteiger partial charge in [0.25, 0.3) is 6.20 Å². The number of anilines is 1. The maximum atomic E-state index is 11.7. The minimum Gasteiger partial charge on any atom is -0.329 e. The number of carbonyl (C=O) groups is 1. The van der Waals surface area contributed by atoms with Gasteiger partial charge in [0.2, 0.25) is 11.2 Å². The second kappa shape index (κ2) is 5.67. The molecule has 2 aromatic heterocycles. The fourth-order valence-corrected chi connectivity index (χ4v) is 2.01. The number of rotatable bonds is 5. The summed E-state index contributed by atoms with van der Waals surface area (Å²) in [6.07, 6.45) is 5.17. The molecule has 0 saturated carbocycles. The van der Waals surface area contributed by atoms with Gasteiger partial charge in [-0.1, -0.05) is 16.4 Å². The van der Waals surface area contributed by atoms with Gasteiger partial charge in [-0.15, -0.1) is 0 Å². The first-order valence-electron chi connectivity index (χ1n) is 5.45. The lowest BCUT2D eigenvalue weighted by Gasteiger charge is -2.00. The Morgan fingerprint density at radius 2 is 2.50 bits per heavy atom. The van der Waals surface area contributed by atoms with Gasteiger partial charge >= 0.3 is 5.88 Å². The smallest absolute Gasteiger partial charge is 0.302 e. The number of thioether (sulfide) groups is 1. The van der Waals surface area contributed by atoms with Crippen molar-refractivity contribution in [1.82, 2.24) is 14.8 Å². The van der Waals surface area contributed by atoms with E-state index < -0.39 is 0 Å². The number of amides is 1. The van der Waals surface area contributed by atoms with Gasteiger partial charge in [-0.2, -0.15) is 0 Å². The van der Waals surface area contributed by atoms with Crippen LogP contribution in [0.25, 0.3) is 0 Å².